The van der Waals surface area contributed by atoms with Crippen molar-refractivity contribution in [3.05, 3.63) is 47.3 Å². The molecule has 2 atom stereocenters. The summed E-state index contributed by atoms with van der Waals surface area (Å²) in [5.41, 5.74) is 6.31. The van der Waals surface area contributed by atoms with Gasteiger partial charge in [0, 0.05) is 63.2 Å². The van der Waals surface area contributed by atoms with Crippen LogP contribution in [0.4, 0.5) is 11.4 Å². The van der Waals surface area contributed by atoms with Crippen LogP contribution in [-0.4, -0.2) is 61.2 Å². The number of hydrogen-bond acceptors (Lipinski definition) is 5. The summed E-state index contributed by atoms with van der Waals surface area (Å²) in [5.74, 6) is 1.73. The summed E-state index contributed by atoms with van der Waals surface area (Å²) in [6, 6.07) is 9.21. The minimum Gasteiger partial charge on any atom is -0.491 e. The van der Waals surface area contributed by atoms with Gasteiger partial charge in [0.15, 0.2) is 0 Å². The van der Waals surface area contributed by atoms with Crippen molar-refractivity contribution in [1.82, 2.24) is 9.88 Å². The first-order chi connectivity index (χ1) is 15.2. The van der Waals surface area contributed by atoms with Crippen molar-refractivity contribution in [2.24, 2.45) is 0 Å². The quantitative estimate of drug-likeness (QED) is 0.764. The number of ether oxygens (including phenoxy) is 1. The molecule has 0 radical (unpaired) electrons. The number of pyridine rings is 1. The van der Waals surface area contributed by atoms with E-state index in [1.54, 1.807) is 6.92 Å². The molecular weight excluding hydrogens is 388 g/mol. The zero-order chi connectivity index (χ0) is 20.9. The number of anilines is 2. The molecule has 6 heteroatoms. The Kier molecular flexibility index (Phi) is 4.64. The number of aryl methyl sites for hydroxylation is 1. The molecule has 2 aromatic rings. The van der Waals surface area contributed by atoms with Gasteiger partial charge in [-0.3, -0.25) is 9.78 Å². The lowest BCUT2D eigenvalue weighted by Crippen LogP contribution is -2.50. The summed E-state index contributed by atoms with van der Waals surface area (Å²) in [6.45, 7) is 7.58. The maximum Gasteiger partial charge on any atom is 0.223 e. The first kappa shape index (κ1) is 19.1. The van der Waals surface area contributed by atoms with E-state index in [0.29, 0.717) is 12.0 Å². The van der Waals surface area contributed by atoms with Crippen LogP contribution in [0.2, 0.25) is 0 Å². The molecule has 0 saturated carbocycles. The summed E-state index contributed by atoms with van der Waals surface area (Å²) in [6.07, 6.45) is 6.23. The van der Waals surface area contributed by atoms with Crippen LogP contribution in [0.1, 0.15) is 42.5 Å². The number of para-hydroxylation sites is 1. The molecule has 1 aromatic heterocycles. The molecule has 0 unspecified atom stereocenters. The number of amides is 1. The predicted octanol–water partition coefficient (Wildman–Crippen LogP) is 2.99. The van der Waals surface area contributed by atoms with Crippen molar-refractivity contribution >= 4 is 17.3 Å². The molecule has 4 aliphatic rings. The van der Waals surface area contributed by atoms with Crippen molar-refractivity contribution in [1.29, 1.82) is 0 Å². The second kappa shape index (κ2) is 7.52. The summed E-state index contributed by atoms with van der Waals surface area (Å²) >= 11 is 0. The highest BCUT2D eigenvalue weighted by molar-refractivity contribution is 5.98. The maximum atomic E-state index is 12.2. The van der Waals surface area contributed by atoms with E-state index in [-0.39, 0.29) is 5.91 Å². The fraction of sp³-hybridized carbons (Fsp3) is 0.520. The monoisotopic (exact) mass is 418 g/mol. The first-order valence-electron chi connectivity index (χ1n) is 11.7. The molecule has 0 aliphatic carbocycles. The Morgan fingerprint density at radius 2 is 2.16 bits per heavy atom. The van der Waals surface area contributed by atoms with Crippen LogP contribution in [0.5, 0.6) is 5.75 Å². The molecule has 1 aromatic carbocycles. The second-order valence-corrected chi connectivity index (χ2v) is 9.29. The molecule has 0 spiro atoms. The van der Waals surface area contributed by atoms with Gasteiger partial charge in [-0.1, -0.05) is 12.1 Å². The van der Waals surface area contributed by atoms with E-state index < -0.39 is 0 Å². The van der Waals surface area contributed by atoms with E-state index in [1.165, 1.54) is 23.2 Å². The van der Waals surface area contributed by atoms with Crippen LogP contribution in [0.3, 0.4) is 0 Å². The summed E-state index contributed by atoms with van der Waals surface area (Å²) in [5, 5.41) is 0. The van der Waals surface area contributed by atoms with Crippen molar-refractivity contribution in [3.63, 3.8) is 0 Å². The molecule has 31 heavy (non-hydrogen) atoms. The van der Waals surface area contributed by atoms with E-state index >= 15 is 0 Å². The normalized spacial score (nSPS) is 23.9. The smallest absolute Gasteiger partial charge is 0.223 e. The predicted molar refractivity (Wildman–Crippen MR) is 121 cm³/mol. The average molecular weight is 419 g/mol. The molecule has 0 bridgehead atoms. The zero-order valence-electron chi connectivity index (χ0n) is 18.2. The van der Waals surface area contributed by atoms with Crippen LogP contribution in [0.15, 0.2) is 30.5 Å². The number of benzene rings is 1. The van der Waals surface area contributed by atoms with Crippen LogP contribution in [-0.2, 0) is 17.6 Å². The lowest BCUT2D eigenvalue weighted by Gasteiger charge is -2.41. The van der Waals surface area contributed by atoms with Gasteiger partial charge in [-0.05, 0) is 43.5 Å². The highest BCUT2D eigenvalue weighted by Crippen LogP contribution is 2.50. The molecule has 1 saturated heterocycles. The lowest BCUT2D eigenvalue weighted by molar-refractivity contribution is -0.116. The summed E-state index contributed by atoms with van der Waals surface area (Å²) < 4.78 is 5.83. The Labute approximate surface area is 183 Å². The van der Waals surface area contributed by atoms with Crippen molar-refractivity contribution in [2.45, 2.75) is 44.6 Å². The Morgan fingerprint density at radius 1 is 1.23 bits per heavy atom. The summed E-state index contributed by atoms with van der Waals surface area (Å²) in [7, 11) is 0. The molecule has 6 rings (SSSR count). The molecule has 0 N–H and O–H groups in total. The van der Waals surface area contributed by atoms with Gasteiger partial charge in [0.25, 0.3) is 0 Å². The van der Waals surface area contributed by atoms with Gasteiger partial charge in [0.1, 0.15) is 5.75 Å². The SMILES string of the molecule is CC(=O)N1CCN2c3c(cccc31)[C@@H]1CN(CCCc3nccc4c3OCC4)CC[C@@H]12. The third-order valence-corrected chi connectivity index (χ3v) is 7.59. The van der Waals surface area contributed by atoms with Gasteiger partial charge < -0.3 is 19.4 Å². The Bertz CT molecular complexity index is 1020. The molecule has 1 fully saturated rings. The molecule has 6 nitrogen and oxygen atoms in total. The number of hydrogen-bond donors (Lipinski definition) is 0. The number of carbonyl (C=O) groups excluding carboxylic acids is 1. The molecular formula is C25H30N4O2. The number of nitrogens with zero attached hydrogens (tertiary/aromatic N) is 4. The van der Waals surface area contributed by atoms with Gasteiger partial charge in [-0.2, -0.15) is 0 Å². The maximum absolute atomic E-state index is 12.2. The minimum atomic E-state index is 0.148. The van der Waals surface area contributed by atoms with E-state index in [1.807, 2.05) is 11.1 Å². The average Bonchev–Trinajstić information content (AvgIpc) is 3.39. The largest absolute Gasteiger partial charge is 0.491 e. The summed E-state index contributed by atoms with van der Waals surface area (Å²) in [4.78, 5) is 23.9. The third-order valence-electron chi connectivity index (χ3n) is 7.59. The van der Waals surface area contributed by atoms with Gasteiger partial charge in [0.2, 0.25) is 5.91 Å². The zero-order valence-corrected chi connectivity index (χ0v) is 18.2. The van der Waals surface area contributed by atoms with E-state index in [2.05, 4.69) is 39.0 Å². The Morgan fingerprint density at radius 3 is 3.06 bits per heavy atom. The lowest BCUT2D eigenvalue weighted by atomic mass is 9.89. The van der Waals surface area contributed by atoms with E-state index in [0.717, 1.165) is 75.7 Å². The molecule has 1 amide bonds. The minimum absolute atomic E-state index is 0.148. The fourth-order valence-corrected chi connectivity index (χ4v) is 6.19. The Balaban J connectivity index is 1.15. The van der Waals surface area contributed by atoms with Crippen LogP contribution >= 0.6 is 0 Å². The highest BCUT2D eigenvalue weighted by Gasteiger charge is 2.45. The number of piperidine rings is 1. The number of likely N-dealkylation sites (tertiary alicyclic amines) is 1. The third kappa shape index (κ3) is 3.11. The Hall–Kier alpha value is -2.60. The second-order valence-electron chi connectivity index (χ2n) is 9.29. The number of rotatable bonds is 4. The van der Waals surface area contributed by atoms with Gasteiger partial charge in [0.05, 0.1) is 23.7 Å². The number of aromatic nitrogens is 1. The number of carbonyl (C=O) groups is 1. The topological polar surface area (TPSA) is 48.9 Å². The molecule has 5 heterocycles. The fourth-order valence-electron chi connectivity index (χ4n) is 6.19. The van der Waals surface area contributed by atoms with Gasteiger partial charge in [-0.15, -0.1) is 0 Å². The number of fused-ring (bicyclic) bond motifs is 4. The molecule has 4 aliphatic heterocycles. The standard InChI is InChI=1S/C25H30N4O2/c1-17(30)28-13-14-29-22-8-12-27(16-20(22)19-4-2-6-23(28)24(19)29)11-3-5-21-25-18(7-10-26-21)9-15-31-25/h2,4,6-7,10,20,22H,3,5,8-9,11-16H2,1H3/t20-,22-/m0/s1. The highest BCUT2D eigenvalue weighted by atomic mass is 16.5. The van der Waals surface area contributed by atoms with Crippen molar-refractivity contribution in [3.8, 4) is 5.75 Å². The van der Waals surface area contributed by atoms with E-state index in [9.17, 15) is 4.79 Å². The first-order valence-corrected chi connectivity index (χ1v) is 11.7. The molecule has 162 valence electrons. The van der Waals surface area contributed by atoms with Gasteiger partial charge in [-0.25, -0.2) is 0 Å². The van der Waals surface area contributed by atoms with Crippen LogP contribution in [0.25, 0.3) is 0 Å². The van der Waals surface area contributed by atoms with Crippen molar-refractivity contribution in [2.75, 3.05) is 49.1 Å². The van der Waals surface area contributed by atoms with Crippen LogP contribution < -0.4 is 14.5 Å². The van der Waals surface area contributed by atoms with Crippen molar-refractivity contribution < 1.29 is 9.53 Å². The van der Waals surface area contributed by atoms with Crippen LogP contribution in [0, 0.1) is 0 Å². The van der Waals surface area contributed by atoms with E-state index in [4.69, 9.17) is 4.74 Å². The van der Waals surface area contributed by atoms with Gasteiger partial charge >= 0.3 is 0 Å².